The maximum Gasteiger partial charge on any atom is 0.138 e. The molecule has 188 valence electrons. The van der Waals surface area contributed by atoms with E-state index in [1.54, 1.807) is 0 Å². The quantitative estimate of drug-likeness (QED) is 0.169. The highest BCUT2D eigenvalue weighted by molar-refractivity contribution is 5.84. The van der Waals surface area contributed by atoms with Gasteiger partial charge in [-0.25, -0.2) is 0 Å². The van der Waals surface area contributed by atoms with Crippen LogP contribution in [-0.2, 0) is 16.1 Å². The molecule has 2 heteroatoms. The third kappa shape index (κ3) is 14.2. The van der Waals surface area contributed by atoms with Crippen LogP contribution in [-0.4, -0.2) is 12.4 Å². The molecule has 0 saturated carbocycles. The Labute approximate surface area is 209 Å². The summed E-state index contributed by atoms with van der Waals surface area (Å²) >= 11 is 0. The van der Waals surface area contributed by atoms with E-state index < -0.39 is 0 Å². The van der Waals surface area contributed by atoms with Crippen LogP contribution >= 0.6 is 0 Å². The summed E-state index contributed by atoms with van der Waals surface area (Å²) in [6.07, 6.45) is 14.1. The Morgan fingerprint density at radius 2 is 1.59 bits per heavy atom. The largest absolute Gasteiger partial charge is 0.373 e. The number of allylic oxidation sites excluding steroid dienone is 6. The van der Waals surface area contributed by atoms with Crippen molar-refractivity contribution in [1.29, 1.82) is 0 Å². The normalized spacial score (nSPS) is 12.5. The molecule has 1 aromatic carbocycles. The first kappa shape index (κ1) is 29.8. The average Bonchev–Trinajstić information content (AvgIpc) is 2.79. The number of hydrogen-bond donors (Lipinski definition) is 0. The molecule has 1 rings (SSSR count). The number of carbonyl (C=O) groups excluding carboxylic acids is 1. The number of carbonyl (C=O) groups is 1. The molecule has 34 heavy (non-hydrogen) atoms. The minimum atomic E-state index is -0.290. The van der Waals surface area contributed by atoms with Gasteiger partial charge in [-0.3, -0.25) is 4.79 Å². The SMILES string of the molecule is C=C(C/C=C(\C)CCC=C(C)C)CCC(C)(C)C(=O)CCC/C(C)=C\COCc1ccccc1. The second-order valence-electron chi connectivity index (χ2n) is 10.5. The topological polar surface area (TPSA) is 26.3 Å². The first-order valence-electron chi connectivity index (χ1n) is 12.9. The van der Waals surface area contributed by atoms with Crippen molar-refractivity contribution in [3.05, 3.63) is 83.0 Å². The Balaban J connectivity index is 2.27. The average molecular weight is 465 g/mol. The van der Waals surface area contributed by atoms with Crippen molar-refractivity contribution in [2.24, 2.45) is 5.41 Å². The first-order chi connectivity index (χ1) is 16.1. The van der Waals surface area contributed by atoms with Crippen molar-refractivity contribution in [2.75, 3.05) is 6.61 Å². The van der Waals surface area contributed by atoms with E-state index in [9.17, 15) is 4.79 Å². The van der Waals surface area contributed by atoms with Crippen molar-refractivity contribution in [3.63, 3.8) is 0 Å². The van der Waals surface area contributed by atoms with Crippen LogP contribution in [0.5, 0.6) is 0 Å². The lowest BCUT2D eigenvalue weighted by molar-refractivity contribution is -0.127. The molecule has 0 spiro atoms. The van der Waals surface area contributed by atoms with Gasteiger partial charge in [0.2, 0.25) is 0 Å². The molecule has 0 aromatic heterocycles. The summed E-state index contributed by atoms with van der Waals surface area (Å²) in [5.74, 6) is 0.363. The van der Waals surface area contributed by atoms with Gasteiger partial charge < -0.3 is 4.74 Å². The predicted octanol–water partition coefficient (Wildman–Crippen LogP) is 9.33. The van der Waals surface area contributed by atoms with E-state index in [0.717, 1.165) is 44.9 Å². The lowest BCUT2D eigenvalue weighted by Crippen LogP contribution is -2.24. The smallest absolute Gasteiger partial charge is 0.138 e. The van der Waals surface area contributed by atoms with Gasteiger partial charge in [-0.15, -0.1) is 0 Å². The van der Waals surface area contributed by atoms with E-state index in [4.69, 9.17) is 4.74 Å². The van der Waals surface area contributed by atoms with E-state index >= 15 is 0 Å². The van der Waals surface area contributed by atoms with Gasteiger partial charge in [0.05, 0.1) is 13.2 Å². The second kappa shape index (κ2) is 16.4. The van der Waals surface area contributed by atoms with Gasteiger partial charge in [-0.1, -0.05) is 91.3 Å². The van der Waals surface area contributed by atoms with Crippen LogP contribution in [0.4, 0.5) is 0 Å². The Morgan fingerprint density at radius 3 is 2.26 bits per heavy atom. The molecule has 1 aromatic rings. The van der Waals surface area contributed by atoms with Crippen molar-refractivity contribution < 1.29 is 9.53 Å². The third-order valence-electron chi connectivity index (χ3n) is 6.33. The summed E-state index contributed by atoms with van der Waals surface area (Å²) in [5.41, 5.74) is 6.21. The van der Waals surface area contributed by atoms with E-state index in [1.807, 2.05) is 18.2 Å². The summed E-state index contributed by atoms with van der Waals surface area (Å²) in [5, 5.41) is 0. The minimum absolute atomic E-state index is 0.290. The van der Waals surface area contributed by atoms with E-state index in [-0.39, 0.29) is 5.41 Å². The Morgan fingerprint density at radius 1 is 0.912 bits per heavy atom. The fraction of sp³-hybridized carbons (Fsp3) is 0.531. The molecule has 0 bridgehead atoms. The molecule has 0 N–H and O–H groups in total. The van der Waals surface area contributed by atoms with Gasteiger partial charge in [0.25, 0.3) is 0 Å². The molecule has 0 aliphatic heterocycles. The van der Waals surface area contributed by atoms with E-state index in [2.05, 4.69) is 78.5 Å². The third-order valence-corrected chi connectivity index (χ3v) is 6.33. The standard InChI is InChI=1S/C32H48O2/c1-26(2)13-11-14-27(3)19-20-29(5)21-23-32(6,7)31(33)18-12-15-28(4)22-24-34-25-30-16-9-8-10-17-30/h8-10,13,16-17,19,22H,5,11-12,14-15,18,20-21,23-25H2,1-4,6-7H3/b27-19+,28-22-. The number of ketones is 1. The summed E-state index contributed by atoms with van der Waals surface area (Å²) in [7, 11) is 0. The molecule has 0 radical (unpaired) electrons. The highest BCUT2D eigenvalue weighted by atomic mass is 16.5. The molecule has 0 fully saturated rings. The van der Waals surface area contributed by atoms with E-state index in [0.29, 0.717) is 25.4 Å². The zero-order valence-electron chi connectivity index (χ0n) is 22.7. The van der Waals surface area contributed by atoms with Crippen molar-refractivity contribution >= 4 is 5.78 Å². The van der Waals surface area contributed by atoms with Crippen molar-refractivity contribution in [3.8, 4) is 0 Å². The molecular formula is C32H48O2. The van der Waals surface area contributed by atoms with Crippen LogP contribution in [0, 0.1) is 5.41 Å². The zero-order chi connectivity index (χ0) is 25.4. The van der Waals surface area contributed by atoms with Crippen LogP contribution in [0.25, 0.3) is 0 Å². The number of benzene rings is 1. The fourth-order valence-electron chi connectivity index (χ4n) is 3.66. The van der Waals surface area contributed by atoms with Gasteiger partial charge in [-0.2, -0.15) is 0 Å². The molecule has 0 unspecified atom stereocenters. The summed E-state index contributed by atoms with van der Waals surface area (Å²) < 4.78 is 5.73. The summed E-state index contributed by atoms with van der Waals surface area (Å²) in [6, 6.07) is 10.2. The molecule has 0 aliphatic carbocycles. The predicted molar refractivity (Wildman–Crippen MR) is 148 cm³/mol. The maximum atomic E-state index is 12.8. The van der Waals surface area contributed by atoms with Crippen LogP contribution in [0.2, 0.25) is 0 Å². The van der Waals surface area contributed by atoms with Gasteiger partial charge in [0, 0.05) is 11.8 Å². The molecule has 0 saturated heterocycles. The Bertz CT molecular complexity index is 833. The van der Waals surface area contributed by atoms with Crippen molar-refractivity contribution in [1.82, 2.24) is 0 Å². The first-order valence-corrected chi connectivity index (χ1v) is 12.9. The fourth-order valence-corrected chi connectivity index (χ4v) is 3.66. The highest BCUT2D eigenvalue weighted by Crippen LogP contribution is 2.29. The molecule has 0 atom stereocenters. The number of hydrogen-bond acceptors (Lipinski definition) is 2. The molecule has 2 nitrogen and oxygen atoms in total. The Hall–Kier alpha value is -2.19. The van der Waals surface area contributed by atoms with Crippen LogP contribution in [0.1, 0.15) is 98.5 Å². The van der Waals surface area contributed by atoms with Gasteiger partial charge in [0.15, 0.2) is 0 Å². The number of Topliss-reactive ketones (excluding diaryl/α,β-unsaturated/α-hetero) is 1. The van der Waals surface area contributed by atoms with Gasteiger partial charge in [0.1, 0.15) is 5.78 Å². The lowest BCUT2D eigenvalue weighted by atomic mass is 9.80. The second-order valence-corrected chi connectivity index (χ2v) is 10.5. The van der Waals surface area contributed by atoms with Crippen LogP contribution in [0.15, 0.2) is 77.4 Å². The van der Waals surface area contributed by atoms with Gasteiger partial charge >= 0.3 is 0 Å². The van der Waals surface area contributed by atoms with Gasteiger partial charge in [-0.05, 0) is 78.2 Å². The minimum Gasteiger partial charge on any atom is -0.373 e. The monoisotopic (exact) mass is 464 g/mol. The van der Waals surface area contributed by atoms with Crippen molar-refractivity contribution in [2.45, 2.75) is 99.5 Å². The zero-order valence-corrected chi connectivity index (χ0v) is 22.7. The van der Waals surface area contributed by atoms with Crippen LogP contribution in [0.3, 0.4) is 0 Å². The summed E-state index contributed by atoms with van der Waals surface area (Å²) in [4.78, 5) is 12.8. The number of ether oxygens (including phenoxy) is 1. The van der Waals surface area contributed by atoms with Crippen LogP contribution < -0.4 is 0 Å². The lowest BCUT2D eigenvalue weighted by Gasteiger charge is -2.23. The molecule has 0 amide bonds. The molecule has 0 aliphatic rings. The molecule has 0 heterocycles. The maximum absolute atomic E-state index is 12.8. The number of rotatable bonds is 17. The Kier molecular flexibility index (Phi) is 14.4. The van der Waals surface area contributed by atoms with E-state index in [1.165, 1.54) is 27.9 Å². The highest BCUT2D eigenvalue weighted by Gasteiger charge is 2.26. The summed E-state index contributed by atoms with van der Waals surface area (Å²) in [6.45, 7) is 18.3. The molecular weight excluding hydrogens is 416 g/mol.